The zero-order valence-corrected chi connectivity index (χ0v) is 13.5. The first-order chi connectivity index (χ1) is 12.5. The van der Waals surface area contributed by atoms with Gasteiger partial charge in [-0.1, -0.05) is 42.5 Å². The van der Waals surface area contributed by atoms with E-state index in [-0.39, 0.29) is 11.3 Å². The lowest BCUT2D eigenvalue weighted by atomic mass is 10.0. The fourth-order valence-electron chi connectivity index (χ4n) is 2.49. The van der Waals surface area contributed by atoms with E-state index in [4.69, 9.17) is 0 Å². The van der Waals surface area contributed by atoms with Gasteiger partial charge >= 0.3 is 0 Å². The van der Waals surface area contributed by atoms with Crippen LogP contribution in [0.25, 0.3) is 17.2 Å². The molecule has 3 aromatic rings. The van der Waals surface area contributed by atoms with E-state index >= 15 is 0 Å². The second-order valence-electron chi connectivity index (χ2n) is 5.55. The Bertz CT molecular complexity index is 968. The predicted octanol–water partition coefficient (Wildman–Crippen LogP) is 5.42. The molecule has 0 unspecified atom stereocenters. The van der Waals surface area contributed by atoms with Crippen molar-refractivity contribution >= 4 is 17.7 Å². The summed E-state index contributed by atoms with van der Waals surface area (Å²) in [6.45, 7) is 0. The molecule has 0 aliphatic carbocycles. The van der Waals surface area contributed by atoms with Crippen LogP contribution in [0.1, 0.15) is 5.56 Å². The van der Waals surface area contributed by atoms with Gasteiger partial charge in [0.1, 0.15) is 17.5 Å². The normalized spacial score (nSPS) is 10.9. The zero-order valence-electron chi connectivity index (χ0n) is 13.5. The summed E-state index contributed by atoms with van der Waals surface area (Å²) >= 11 is 0. The third kappa shape index (κ3) is 4.19. The second kappa shape index (κ2) is 7.70. The van der Waals surface area contributed by atoms with E-state index in [9.17, 15) is 18.0 Å². The minimum Gasteiger partial charge on any atom is -0.319 e. The lowest BCUT2D eigenvalue weighted by molar-refractivity contribution is -0.111. The van der Waals surface area contributed by atoms with E-state index in [2.05, 4.69) is 5.32 Å². The van der Waals surface area contributed by atoms with Crippen molar-refractivity contribution in [3.05, 3.63) is 95.8 Å². The number of carbonyl (C=O) groups is 1. The Labute approximate surface area is 148 Å². The summed E-state index contributed by atoms with van der Waals surface area (Å²) in [5.41, 5.74) is 1.17. The maximum absolute atomic E-state index is 14.2. The molecule has 1 N–H and O–H groups in total. The highest BCUT2D eigenvalue weighted by molar-refractivity contribution is 6.04. The molecule has 5 heteroatoms. The summed E-state index contributed by atoms with van der Waals surface area (Å²) in [6, 6.07) is 16.2. The molecule has 0 fully saturated rings. The molecule has 0 saturated carbocycles. The number of benzene rings is 3. The van der Waals surface area contributed by atoms with Crippen molar-refractivity contribution in [1.29, 1.82) is 0 Å². The molecule has 0 atom stereocenters. The first kappa shape index (κ1) is 17.5. The molecule has 26 heavy (non-hydrogen) atoms. The Morgan fingerprint density at radius 2 is 1.62 bits per heavy atom. The maximum Gasteiger partial charge on any atom is 0.248 e. The Kier molecular flexibility index (Phi) is 5.17. The minimum absolute atomic E-state index is 0.119. The Balaban J connectivity index is 1.88. The number of hydrogen-bond donors (Lipinski definition) is 1. The summed E-state index contributed by atoms with van der Waals surface area (Å²) in [6.07, 6.45) is 2.56. The first-order valence-corrected chi connectivity index (χ1v) is 7.82. The van der Waals surface area contributed by atoms with Gasteiger partial charge in [-0.15, -0.1) is 0 Å². The maximum atomic E-state index is 14.2. The van der Waals surface area contributed by atoms with Crippen LogP contribution < -0.4 is 5.32 Å². The molecule has 0 radical (unpaired) electrons. The van der Waals surface area contributed by atoms with Crippen LogP contribution in [0.3, 0.4) is 0 Å². The lowest BCUT2D eigenvalue weighted by Gasteiger charge is -2.12. The fourth-order valence-corrected chi connectivity index (χ4v) is 2.49. The molecule has 0 saturated heterocycles. The summed E-state index contributed by atoms with van der Waals surface area (Å²) < 4.78 is 41.0. The van der Waals surface area contributed by atoms with Crippen LogP contribution in [0.4, 0.5) is 18.9 Å². The molecule has 1 amide bonds. The molecule has 2 nitrogen and oxygen atoms in total. The minimum atomic E-state index is -0.878. The number of amides is 1. The van der Waals surface area contributed by atoms with Gasteiger partial charge in [0.05, 0.1) is 5.69 Å². The van der Waals surface area contributed by atoms with E-state index < -0.39 is 23.4 Å². The van der Waals surface area contributed by atoms with E-state index in [0.29, 0.717) is 17.2 Å². The van der Waals surface area contributed by atoms with Crippen molar-refractivity contribution in [2.45, 2.75) is 0 Å². The van der Waals surface area contributed by atoms with Gasteiger partial charge in [0.25, 0.3) is 0 Å². The van der Waals surface area contributed by atoms with Gasteiger partial charge in [-0.25, -0.2) is 13.2 Å². The van der Waals surface area contributed by atoms with Crippen LogP contribution in [-0.4, -0.2) is 5.91 Å². The number of carbonyl (C=O) groups excluding carboxylic acids is 1. The molecule has 0 heterocycles. The zero-order chi connectivity index (χ0) is 18.5. The molecule has 0 bridgehead atoms. The highest BCUT2D eigenvalue weighted by Gasteiger charge is 2.14. The SMILES string of the molecule is O=C(/C=C/c1cccc(F)c1)Nc1c(F)cc(F)cc1-c1ccccc1. The number of hydrogen-bond acceptors (Lipinski definition) is 1. The quantitative estimate of drug-likeness (QED) is 0.623. The van der Waals surface area contributed by atoms with Crippen molar-refractivity contribution in [1.82, 2.24) is 0 Å². The summed E-state index contributed by atoms with van der Waals surface area (Å²) in [4.78, 5) is 12.1. The van der Waals surface area contributed by atoms with E-state index in [1.54, 1.807) is 36.4 Å². The lowest BCUT2D eigenvalue weighted by Crippen LogP contribution is -2.11. The molecule has 0 aliphatic heterocycles. The van der Waals surface area contributed by atoms with Crippen molar-refractivity contribution < 1.29 is 18.0 Å². The van der Waals surface area contributed by atoms with Gasteiger partial charge in [0.2, 0.25) is 5.91 Å². The Morgan fingerprint density at radius 3 is 2.35 bits per heavy atom. The average Bonchev–Trinajstić information content (AvgIpc) is 2.63. The van der Waals surface area contributed by atoms with Crippen molar-refractivity contribution in [3.63, 3.8) is 0 Å². The molecule has 3 rings (SSSR count). The molecule has 0 aliphatic rings. The highest BCUT2D eigenvalue weighted by Crippen LogP contribution is 2.31. The number of halogens is 3. The predicted molar refractivity (Wildman–Crippen MR) is 95.9 cm³/mol. The van der Waals surface area contributed by atoms with Gasteiger partial charge in [-0.3, -0.25) is 4.79 Å². The van der Waals surface area contributed by atoms with Crippen LogP contribution >= 0.6 is 0 Å². The van der Waals surface area contributed by atoms with Crippen molar-refractivity contribution in [2.75, 3.05) is 5.32 Å². The third-order valence-corrected chi connectivity index (χ3v) is 3.66. The van der Waals surface area contributed by atoms with Gasteiger partial charge in [0.15, 0.2) is 0 Å². The molecule has 0 spiro atoms. The number of rotatable bonds is 4. The topological polar surface area (TPSA) is 29.1 Å². The van der Waals surface area contributed by atoms with Crippen LogP contribution in [-0.2, 0) is 4.79 Å². The van der Waals surface area contributed by atoms with Crippen LogP contribution in [0.5, 0.6) is 0 Å². The van der Waals surface area contributed by atoms with E-state index in [1.165, 1.54) is 24.3 Å². The van der Waals surface area contributed by atoms with Crippen molar-refractivity contribution in [2.24, 2.45) is 0 Å². The summed E-state index contributed by atoms with van der Waals surface area (Å²) in [5.74, 6) is -2.66. The van der Waals surface area contributed by atoms with Crippen LogP contribution in [0, 0.1) is 17.5 Å². The van der Waals surface area contributed by atoms with Gasteiger partial charge in [-0.2, -0.15) is 0 Å². The summed E-state index contributed by atoms with van der Waals surface area (Å²) in [5, 5.41) is 2.43. The molecule has 130 valence electrons. The van der Waals surface area contributed by atoms with E-state index in [0.717, 1.165) is 12.1 Å². The largest absolute Gasteiger partial charge is 0.319 e. The number of anilines is 1. The third-order valence-electron chi connectivity index (χ3n) is 3.66. The molecular weight excluding hydrogens is 339 g/mol. The summed E-state index contributed by atoms with van der Waals surface area (Å²) in [7, 11) is 0. The smallest absolute Gasteiger partial charge is 0.248 e. The Hall–Kier alpha value is -3.34. The average molecular weight is 353 g/mol. The van der Waals surface area contributed by atoms with Gasteiger partial charge in [-0.05, 0) is 35.4 Å². The fraction of sp³-hybridized carbons (Fsp3) is 0. The van der Waals surface area contributed by atoms with Crippen molar-refractivity contribution in [3.8, 4) is 11.1 Å². The van der Waals surface area contributed by atoms with Crippen LogP contribution in [0.2, 0.25) is 0 Å². The van der Waals surface area contributed by atoms with E-state index in [1.807, 2.05) is 0 Å². The van der Waals surface area contributed by atoms with Crippen LogP contribution in [0.15, 0.2) is 72.8 Å². The molecular formula is C21H14F3NO. The second-order valence-corrected chi connectivity index (χ2v) is 5.55. The standard InChI is InChI=1S/C21H14F3NO/c22-16-8-4-5-14(11-16)9-10-20(26)25-21-18(12-17(23)13-19(21)24)15-6-2-1-3-7-15/h1-13H,(H,25,26)/b10-9+. The van der Waals surface area contributed by atoms with Gasteiger partial charge < -0.3 is 5.32 Å². The van der Waals surface area contributed by atoms with Gasteiger partial charge in [0, 0.05) is 17.7 Å². The molecule has 0 aromatic heterocycles. The monoisotopic (exact) mass is 353 g/mol. The Morgan fingerprint density at radius 1 is 0.846 bits per heavy atom. The number of nitrogens with one attached hydrogen (secondary N) is 1. The molecule has 3 aromatic carbocycles. The highest BCUT2D eigenvalue weighted by atomic mass is 19.1. The first-order valence-electron chi connectivity index (χ1n) is 7.82.